The summed E-state index contributed by atoms with van der Waals surface area (Å²) in [5, 5.41) is 8.84. The van der Waals surface area contributed by atoms with Gasteiger partial charge in [-0.25, -0.2) is 4.79 Å². The Morgan fingerprint density at radius 3 is 2.04 bits per heavy atom. The first-order valence-corrected chi connectivity index (χ1v) is 17.7. The van der Waals surface area contributed by atoms with Crippen molar-refractivity contribution in [3.05, 3.63) is 71.3 Å². The molecule has 10 nitrogen and oxygen atoms in total. The molecule has 0 unspecified atom stereocenters. The van der Waals surface area contributed by atoms with Gasteiger partial charge in [-0.1, -0.05) is 87.2 Å². The molecule has 2 aromatic rings. The summed E-state index contributed by atoms with van der Waals surface area (Å²) < 4.78 is 5.48. The second-order valence-corrected chi connectivity index (χ2v) is 14.2. The van der Waals surface area contributed by atoms with E-state index in [0.29, 0.717) is 32.5 Å². The highest BCUT2D eigenvalue weighted by atomic mass is 16.6. The molecule has 4 rings (SSSR count). The molecule has 2 atom stereocenters. The van der Waals surface area contributed by atoms with Crippen LogP contribution in [0.3, 0.4) is 0 Å². The number of ether oxygens (including phenoxy) is 1. The third-order valence-corrected chi connectivity index (χ3v) is 9.14. The van der Waals surface area contributed by atoms with Crippen molar-refractivity contribution in [2.75, 3.05) is 26.2 Å². The van der Waals surface area contributed by atoms with Crippen LogP contribution in [0.1, 0.15) is 89.3 Å². The predicted octanol–water partition coefficient (Wildman–Crippen LogP) is 4.95. The molecule has 1 saturated heterocycles. The third-order valence-electron chi connectivity index (χ3n) is 9.14. The maximum absolute atomic E-state index is 13.6. The van der Waals surface area contributed by atoms with E-state index in [1.807, 2.05) is 47.4 Å². The molecule has 2 aliphatic rings. The molecule has 0 bridgehead atoms. The van der Waals surface area contributed by atoms with E-state index in [1.165, 1.54) is 5.56 Å². The summed E-state index contributed by atoms with van der Waals surface area (Å²) in [6.45, 7) is 11.2. The predicted molar refractivity (Wildman–Crippen MR) is 187 cm³/mol. The second kappa shape index (κ2) is 18.0. The molecule has 262 valence electrons. The van der Waals surface area contributed by atoms with Crippen LogP contribution in [0.4, 0.5) is 4.79 Å². The minimum Gasteiger partial charge on any atom is -0.444 e. The number of nitrogens with zero attached hydrogens (tertiary/aromatic N) is 2. The van der Waals surface area contributed by atoms with Gasteiger partial charge >= 0.3 is 6.09 Å². The molecule has 4 amide bonds. The van der Waals surface area contributed by atoms with Crippen LogP contribution in [0.25, 0.3) is 0 Å². The van der Waals surface area contributed by atoms with Gasteiger partial charge in [0.2, 0.25) is 17.7 Å². The summed E-state index contributed by atoms with van der Waals surface area (Å²) in [6.07, 6.45) is 6.25. The van der Waals surface area contributed by atoms with Gasteiger partial charge in [-0.3, -0.25) is 19.3 Å². The van der Waals surface area contributed by atoms with Gasteiger partial charge in [0.25, 0.3) is 0 Å². The quantitative estimate of drug-likeness (QED) is 0.277. The standard InChI is InChI=1S/C38H55N5O5/c1-5-33(44)40-32(36(46)43-23-21-42(22-24-43)27-30-13-9-8-10-14-30)25-28-17-19-29(20-18-28)26-39-35(45)34(31-15-11-6-7-12-16-31)41-37(47)48-38(2,3)4/h8-10,13-14,17-20,31-32,34H,5-7,11-12,15-16,21-27H2,1-4H3,(H,39,45)(H,40,44)(H,41,47)/t32-,34+/m1/s1. The number of hydrogen-bond acceptors (Lipinski definition) is 6. The number of benzene rings is 2. The number of alkyl carbamates (subject to hydrolysis) is 1. The lowest BCUT2D eigenvalue weighted by Gasteiger charge is -2.36. The Balaban J connectivity index is 1.33. The molecule has 2 aromatic carbocycles. The van der Waals surface area contributed by atoms with Crippen molar-refractivity contribution < 1.29 is 23.9 Å². The molecule has 1 saturated carbocycles. The normalized spacial score (nSPS) is 17.5. The van der Waals surface area contributed by atoms with Crippen LogP contribution in [-0.2, 0) is 38.6 Å². The second-order valence-electron chi connectivity index (χ2n) is 14.2. The van der Waals surface area contributed by atoms with E-state index in [-0.39, 0.29) is 23.6 Å². The molecular weight excluding hydrogens is 606 g/mol. The summed E-state index contributed by atoms with van der Waals surface area (Å²) in [5.41, 5.74) is 2.42. The van der Waals surface area contributed by atoms with E-state index in [0.717, 1.165) is 69.3 Å². The van der Waals surface area contributed by atoms with Gasteiger partial charge in [-0.05, 0) is 56.2 Å². The van der Waals surface area contributed by atoms with Gasteiger partial charge in [-0.2, -0.15) is 0 Å². The number of carbonyl (C=O) groups excluding carboxylic acids is 4. The average molecular weight is 662 g/mol. The van der Waals surface area contributed by atoms with Crippen molar-refractivity contribution in [3.63, 3.8) is 0 Å². The smallest absolute Gasteiger partial charge is 0.408 e. The average Bonchev–Trinajstić information content (AvgIpc) is 3.36. The highest BCUT2D eigenvalue weighted by molar-refractivity contribution is 5.88. The molecule has 2 fully saturated rings. The van der Waals surface area contributed by atoms with Crippen LogP contribution >= 0.6 is 0 Å². The summed E-state index contributed by atoms with van der Waals surface area (Å²) in [7, 11) is 0. The van der Waals surface area contributed by atoms with Gasteiger partial charge < -0.3 is 25.6 Å². The van der Waals surface area contributed by atoms with E-state index in [2.05, 4.69) is 33.0 Å². The first-order valence-electron chi connectivity index (χ1n) is 17.7. The number of nitrogens with one attached hydrogen (secondary N) is 3. The Morgan fingerprint density at radius 1 is 0.812 bits per heavy atom. The van der Waals surface area contributed by atoms with Crippen LogP contribution in [0.5, 0.6) is 0 Å². The Morgan fingerprint density at radius 2 is 1.44 bits per heavy atom. The summed E-state index contributed by atoms with van der Waals surface area (Å²) in [4.78, 5) is 56.4. The number of amides is 4. The number of carbonyl (C=O) groups is 4. The Kier molecular flexibility index (Phi) is 13.8. The zero-order chi connectivity index (χ0) is 34.5. The number of piperazine rings is 1. The first kappa shape index (κ1) is 36.9. The summed E-state index contributed by atoms with van der Waals surface area (Å²) in [5.74, 6) is -0.371. The lowest BCUT2D eigenvalue weighted by Crippen LogP contribution is -2.55. The van der Waals surface area contributed by atoms with E-state index in [9.17, 15) is 19.2 Å². The van der Waals surface area contributed by atoms with Crippen molar-refractivity contribution >= 4 is 23.8 Å². The van der Waals surface area contributed by atoms with Gasteiger partial charge in [0.1, 0.15) is 17.7 Å². The van der Waals surface area contributed by atoms with Gasteiger partial charge in [-0.15, -0.1) is 0 Å². The fourth-order valence-corrected chi connectivity index (χ4v) is 6.49. The van der Waals surface area contributed by atoms with Crippen LogP contribution in [0, 0.1) is 5.92 Å². The lowest BCUT2D eigenvalue weighted by molar-refractivity contribution is -0.138. The van der Waals surface area contributed by atoms with Gasteiger partial charge in [0, 0.05) is 52.1 Å². The summed E-state index contributed by atoms with van der Waals surface area (Å²) in [6, 6.07) is 16.8. The van der Waals surface area contributed by atoms with Crippen molar-refractivity contribution in [2.45, 2.75) is 110 Å². The SMILES string of the molecule is CCC(=O)N[C@H](Cc1ccc(CNC(=O)[C@@H](NC(=O)OC(C)(C)C)C2CCCCCC2)cc1)C(=O)N1CCN(Cc2ccccc2)CC1. The van der Waals surface area contributed by atoms with E-state index in [1.54, 1.807) is 27.7 Å². The Bertz CT molecular complexity index is 1330. The van der Waals surface area contributed by atoms with Crippen LogP contribution < -0.4 is 16.0 Å². The zero-order valence-corrected chi connectivity index (χ0v) is 29.3. The molecule has 0 spiro atoms. The van der Waals surface area contributed by atoms with Crippen molar-refractivity contribution in [1.82, 2.24) is 25.8 Å². The minimum absolute atomic E-state index is 0.0574. The van der Waals surface area contributed by atoms with E-state index in [4.69, 9.17) is 4.74 Å². The molecule has 0 radical (unpaired) electrons. The van der Waals surface area contributed by atoms with Crippen LogP contribution in [-0.4, -0.2) is 77.5 Å². The molecule has 10 heteroatoms. The molecule has 1 heterocycles. The Hall–Kier alpha value is -3.92. The number of hydrogen-bond donors (Lipinski definition) is 3. The molecular formula is C38H55N5O5. The van der Waals surface area contributed by atoms with E-state index < -0.39 is 23.8 Å². The molecule has 48 heavy (non-hydrogen) atoms. The molecule has 3 N–H and O–H groups in total. The highest BCUT2D eigenvalue weighted by Gasteiger charge is 2.32. The molecule has 1 aliphatic carbocycles. The van der Waals surface area contributed by atoms with Gasteiger partial charge in [0.15, 0.2) is 0 Å². The zero-order valence-electron chi connectivity index (χ0n) is 29.3. The Labute approximate surface area is 286 Å². The summed E-state index contributed by atoms with van der Waals surface area (Å²) >= 11 is 0. The maximum Gasteiger partial charge on any atom is 0.408 e. The fourth-order valence-electron chi connectivity index (χ4n) is 6.49. The van der Waals surface area contributed by atoms with Crippen LogP contribution in [0.15, 0.2) is 54.6 Å². The monoisotopic (exact) mass is 661 g/mol. The minimum atomic E-state index is -0.661. The topological polar surface area (TPSA) is 120 Å². The fraction of sp³-hybridized carbons (Fsp3) is 0.579. The highest BCUT2D eigenvalue weighted by Crippen LogP contribution is 2.26. The third kappa shape index (κ3) is 12.0. The van der Waals surface area contributed by atoms with E-state index >= 15 is 0 Å². The van der Waals surface area contributed by atoms with Crippen molar-refractivity contribution in [2.24, 2.45) is 5.92 Å². The lowest BCUT2D eigenvalue weighted by atomic mass is 9.91. The number of rotatable bonds is 12. The van der Waals surface area contributed by atoms with Crippen LogP contribution in [0.2, 0.25) is 0 Å². The van der Waals surface area contributed by atoms with Crippen molar-refractivity contribution in [3.8, 4) is 0 Å². The van der Waals surface area contributed by atoms with Gasteiger partial charge in [0.05, 0.1) is 0 Å². The first-order chi connectivity index (χ1) is 23.0. The molecule has 1 aliphatic heterocycles. The maximum atomic E-state index is 13.6. The largest absolute Gasteiger partial charge is 0.444 e. The molecule has 0 aromatic heterocycles. The van der Waals surface area contributed by atoms with Crippen molar-refractivity contribution in [1.29, 1.82) is 0 Å².